The van der Waals surface area contributed by atoms with Crippen molar-refractivity contribution in [3.8, 4) is 5.75 Å². The molecule has 1 fully saturated rings. The molecule has 0 unspecified atom stereocenters. The molecule has 1 saturated heterocycles. The predicted molar refractivity (Wildman–Crippen MR) is 150 cm³/mol. The number of fused-ring (bicyclic) bond motifs is 1. The Morgan fingerprint density at radius 1 is 0.973 bits per heavy atom. The summed E-state index contributed by atoms with van der Waals surface area (Å²) in [6, 6.07) is 21.3. The minimum absolute atomic E-state index is 0.239. The number of halogens is 1. The molecule has 3 aromatic carbocycles. The fourth-order valence-corrected chi connectivity index (χ4v) is 5.66. The maximum absolute atomic E-state index is 13.6. The van der Waals surface area contributed by atoms with Gasteiger partial charge in [-0.1, -0.05) is 78.0 Å². The van der Waals surface area contributed by atoms with E-state index in [1.54, 1.807) is 55.6 Å². The lowest BCUT2D eigenvalue weighted by Crippen LogP contribution is -2.35. The van der Waals surface area contributed by atoms with Gasteiger partial charge in [0.05, 0.1) is 40.5 Å². The lowest BCUT2D eigenvalue weighted by Gasteiger charge is -2.17. The molecule has 0 atom stereocenters. The van der Waals surface area contributed by atoms with Gasteiger partial charge in [0.15, 0.2) is 0 Å². The van der Waals surface area contributed by atoms with Crippen LogP contribution in [-0.4, -0.2) is 40.6 Å². The van der Waals surface area contributed by atoms with E-state index in [1.165, 1.54) is 9.80 Å². The highest BCUT2D eigenvalue weighted by atomic mass is 35.5. The normalized spacial score (nSPS) is 16.9. The van der Waals surface area contributed by atoms with E-state index in [0.29, 0.717) is 32.0 Å². The Balaban J connectivity index is 1.42. The zero-order chi connectivity index (χ0) is 26.1. The second kappa shape index (κ2) is 10.4. The molecule has 0 bridgehead atoms. The number of carbonyl (C=O) groups is 3. The summed E-state index contributed by atoms with van der Waals surface area (Å²) >= 11 is 12.8. The van der Waals surface area contributed by atoms with Gasteiger partial charge in [-0.05, 0) is 35.9 Å². The third-order valence-electron chi connectivity index (χ3n) is 5.95. The second-order valence-corrected chi connectivity index (χ2v) is 10.3. The summed E-state index contributed by atoms with van der Waals surface area (Å²) in [5.74, 6) is -0.473. The second-order valence-electron chi connectivity index (χ2n) is 8.25. The third-order valence-corrected chi connectivity index (χ3v) is 7.73. The SMILES string of the molecule is COc1ccc(CN2C(=O)C(=C3C(=O)N(CC(=O)Nc4ccccc4Cl)c4ccccc43)SC2=S)cc1. The molecule has 0 radical (unpaired) electrons. The molecule has 2 heterocycles. The Morgan fingerprint density at radius 2 is 1.68 bits per heavy atom. The number of carbonyl (C=O) groups excluding carboxylic acids is 3. The van der Waals surface area contributed by atoms with Gasteiger partial charge in [-0.25, -0.2) is 0 Å². The molecule has 10 heteroatoms. The van der Waals surface area contributed by atoms with Crippen LogP contribution in [-0.2, 0) is 20.9 Å². The first-order chi connectivity index (χ1) is 17.9. The van der Waals surface area contributed by atoms with E-state index >= 15 is 0 Å². The van der Waals surface area contributed by atoms with Gasteiger partial charge >= 0.3 is 0 Å². The molecule has 37 heavy (non-hydrogen) atoms. The summed E-state index contributed by atoms with van der Waals surface area (Å²) in [5.41, 5.74) is 2.71. The number of hydrogen-bond acceptors (Lipinski definition) is 6. The molecule has 5 rings (SSSR count). The molecule has 3 aromatic rings. The first-order valence-corrected chi connectivity index (χ1v) is 12.8. The summed E-state index contributed by atoms with van der Waals surface area (Å²) in [7, 11) is 1.59. The molecule has 3 amide bonds. The number of benzene rings is 3. The summed E-state index contributed by atoms with van der Waals surface area (Å²) in [4.78, 5) is 43.0. The van der Waals surface area contributed by atoms with Crippen molar-refractivity contribution in [3.05, 3.63) is 93.9 Å². The standard InChI is InChI=1S/C27H20ClN3O4S2/c1-35-17-12-10-16(11-13-17)14-31-26(34)24(37-27(31)36)23-18-6-2-5-9-21(18)30(25(23)33)15-22(32)29-20-8-4-3-7-19(20)28/h2-13H,14-15H2,1H3,(H,29,32). The van der Waals surface area contributed by atoms with Crippen molar-refractivity contribution in [2.24, 2.45) is 0 Å². The lowest BCUT2D eigenvalue weighted by molar-refractivity contribution is -0.122. The number of ether oxygens (including phenoxy) is 1. The molecule has 7 nitrogen and oxygen atoms in total. The Morgan fingerprint density at radius 3 is 2.41 bits per heavy atom. The summed E-state index contributed by atoms with van der Waals surface area (Å²) in [5, 5.41) is 3.13. The molecular weight excluding hydrogens is 530 g/mol. The van der Waals surface area contributed by atoms with Crippen LogP contribution in [0.5, 0.6) is 5.75 Å². The monoisotopic (exact) mass is 549 g/mol. The zero-order valence-electron chi connectivity index (χ0n) is 19.6. The quantitative estimate of drug-likeness (QED) is 0.340. The molecule has 1 N–H and O–H groups in total. The van der Waals surface area contributed by atoms with Crippen molar-refractivity contribution >= 4 is 74.6 Å². The van der Waals surface area contributed by atoms with Crippen LogP contribution >= 0.6 is 35.6 Å². The Kier molecular flexibility index (Phi) is 7.01. The van der Waals surface area contributed by atoms with Crippen molar-refractivity contribution in [2.45, 2.75) is 6.54 Å². The van der Waals surface area contributed by atoms with Crippen LogP contribution < -0.4 is 15.0 Å². The number of hydrogen-bond donors (Lipinski definition) is 1. The van der Waals surface area contributed by atoms with E-state index in [9.17, 15) is 14.4 Å². The minimum atomic E-state index is -0.430. The van der Waals surface area contributed by atoms with E-state index in [0.717, 1.165) is 17.3 Å². The third kappa shape index (κ3) is 4.85. The Labute approximate surface area is 228 Å². The van der Waals surface area contributed by atoms with Gasteiger partial charge in [0.2, 0.25) is 5.91 Å². The van der Waals surface area contributed by atoms with Crippen molar-refractivity contribution in [1.29, 1.82) is 0 Å². The van der Waals surface area contributed by atoms with Gasteiger partial charge < -0.3 is 10.1 Å². The fraction of sp³-hybridized carbons (Fsp3) is 0.111. The minimum Gasteiger partial charge on any atom is -0.497 e. The smallest absolute Gasteiger partial charge is 0.267 e. The largest absolute Gasteiger partial charge is 0.497 e. The molecule has 2 aliphatic rings. The van der Waals surface area contributed by atoms with Gasteiger partial charge in [-0.15, -0.1) is 0 Å². The summed E-state index contributed by atoms with van der Waals surface area (Å²) < 4.78 is 5.56. The summed E-state index contributed by atoms with van der Waals surface area (Å²) in [6.07, 6.45) is 0. The predicted octanol–water partition coefficient (Wildman–Crippen LogP) is 5.11. The van der Waals surface area contributed by atoms with Crippen molar-refractivity contribution in [3.63, 3.8) is 0 Å². The molecule has 0 aliphatic carbocycles. The van der Waals surface area contributed by atoms with Crippen molar-refractivity contribution < 1.29 is 19.1 Å². The number of anilines is 2. The number of para-hydroxylation sites is 2. The average Bonchev–Trinajstić information content (AvgIpc) is 3.33. The van der Waals surface area contributed by atoms with E-state index in [1.807, 2.05) is 24.3 Å². The van der Waals surface area contributed by atoms with Crippen LogP contribution in [0.1, 0.15) is 11.1 Å². The first-order valence-electron chi connectivity index (χ1n) is 11.2. The van der Waals surface area contributed by atoms with Crippen LogP contribution in [0.4, 0.5) is 11.4 Å². The van der Waals surface area contributed by atoms with Gasteiger partial charge in [0.25, 0.3) is 11.8 Å². The van der Waals surface area contributed by atoms with E-state index in [4.69, 9.17) is 28.6 Å². The number of rotatable bonds is 6. The number of nitrogens with zero attached hydrogens (tertiary/aromatic N) is 2. The first kappa shape index (κ1) is 25.0. The highest BCUT2D eigenvalue weighted by Gasteiger charge is 2.42. The molecule has 0 aromatic heterocycles. The van der Waals surface area contributed by atoms with Crippen LogP contribution in [0, 0.1) is 0 Å². The molecule has 0 spiro atoms. The van der Waals surface area contributed by atoms with E-state index < -0.39 is 11.8 Å². The topological polar surface area (TPSA) is 79.0 Å². The van der Waals surface area contributed by atoms with Gasteiger partial charge in [0.1, 0.15) is 16.6 Å². The van der Waals surface area contributed by atoms with E-state index in [-0.39, 0.29) is 29.5 Å². The highest BCUT2D eigenvalue weighted by molar-refractivity contribution is 8.26. The Bertz CT molecular complexity index is 1470. The number of nitrogens with one attached hydrogen (secondary N) is 1. The molecular formula is C27H20ClN3O4S2. The average molecular weight is 550 g/mol. The van der Waals surface area contributed by atoms with Crippen LogP contribution in [0.3, 0.4) is 0 Å². The molecule has 0 saturated carbocycles. The van der Waals surface area contributed by atoms with Crippen LogP contribution in [0.25, 0.3) is 5.57 Å². The Hall–Kier alpha value is -3.66. The van der Waals surface area contributed by atoms with Gasteiger partial charge in [-0.3, -0.25) is 24.2 Å². The zero-order valence-corrected chi connectivity index (χ0v) is 22.0. The van der Waals surface area contributed by atoms with Crippen molar-refractivity contribution in [1.82, 2.24) is 4.90 Å². The number of thioether (sulfide) groups is 1. The summed E-state index contributed by atoms with van der Waals surface area (Å²) in [6.45, 7) is 0.0297. The van der Waals surface area contributed by atoms with E-state index in [2.05, 4.69) is 5.32 Å². The number of methoxy groups -OCH3 is 1. The molecule has 186 valence electrons. The molecule has 2 aliphatic heterocycles. The van der Waals surface area contributed by atoms with Crippen molar-refractivity contribution in [2.75, 3.05) is 23.9 Å². The lowest BCUT2D eigenvalue weighted by atomic mass is 10.1. The van der Waals surface area contributed by atoms with Gasteiger partial charge in [0, 0.05) is 5.56 Å². The number of amides is 3. The maximum atomic E-state index is 13.6. The van der Waals surface area contributed by atoms with Crippen LogP contribution in [0.2, 0.25) is 5.02 Å². The number of thiocarbonyl (C=S) groups is 1. The maximum Gasteiger partial charge on any atom is 0.267 e. The van der Waals surface area contributed by atoms with Crippen LogP contribution in [0.15, 0.2) is 77.7 Å². The fourth-order valence-electron chi connectivity index (χ4n) is 4.15. The highest BCUT2D eigenvalue weighted by Crippen LogP contribution is 2.44. The van der Waals surface area contributed by atoms with Gasteiger partial charge in [-0.2, -0.15) is 0 Å².